The van der Waals surface area contributed by atoms with Gasteiger partial charge >= 0.3 is 0 Å². The molecule has 0 saturated heterocycles. The molecule has 0 unspecified atom stereocenters. The number of hydrogen-bond donors (Lipinski definition) is 1. The Balaban J connectivity index is 3.12. The number of aryl methyl sites for hydroxylation is 1. The van der Waals surface area contributed by atoms with Crippen molar-refractivity contribution in [3.63, 3.8) is 0 Å². The van der Waals surface area contributed by atoms with Crippen molar-refractivity contribution in [1.29, 1.82) is 0 Å². The quantitative estimate of drug-likeness (QED) is 0.604. The van der Waals surface area contributed by atoms with Gasteiger partial charge in [0.05, 0.1) is 13.2 Å². The molecule has 0 radical (unpaired) electrons. The summed E-state index contributed by atoms with van der Waals surface area (Å²) < 4.78 is 0. The van der Waals surface area contributed by atoms with Crippen LogP contribution in [0.1, 0.15) is 11.1 Å². The van der Waals surface area contributed by atoms with Gasteiger partial charge in [-0.2, -0.15) is 0 Å². The summed E-state index contributed by atoms with van der Waals surface area (Å²) in [5, 5.41) is 8.75. The minimum Gasteiger partial charge on any atom is -0.392 e. The first-order chi connectivity index (χ1) is 5.27. The van der Waals surface area contributed by atoms with E-state index in [0.717, 1.165) is 11.1 Å². The fourth-order valence-corrected chi connectivity index (χ4v) is 0.941. The van der Waals surface area contributed by atoms with Crippen LogP contribution in [0.5, 0.6) is 0 Å². The van der Waals surface area contributed by atoms with Gasteiger partial charge < -0.3 is 5.11 Å². The number of rotatable bonds is 1. The molecule has 11 heavy (non-hydrogen) atoms. The summed E-state index contributed by atoms with van der Waals surface area (Å²) >= 11 is 0. The van der Waals surface area contributed by atoms with Crippen molar-refractivity contribution in [3.8, 4) is 0 Å². The minimum absolute atomic E-state index is 0.0408. The van der Waals surface area contributed by atoms with Crippen LogP contribution in [0.25, 0.3) is 4.85 Å². The summed E-state index contributed by atoms with van der Waals surface area (Å²) in [7, 11) is 0. The first-order valence-corrected chi connectivity index (χ1v) is 3.36. The maximum Gasteiger partial charge on any atom is 0.190 e. The topological polar surface area (TPSA) is 24.6 Å². The van der Waals surface area contributed by atoms with E-state index >= 15 is 0 Å². The van der Waals surface area contributed by atoms with Crippen LogP contribution in [-0.2, 0) is 6.61 Å². The van der Waals surface area contributed by atoms with Crippen LogP contribution in [-0.4, -0.2) is 5.11 Å². The molecule has 0 aliphatic heterocycles. The van der Waals surface area contributed by atoms with Gasteiger partial charge in [0, 0.05) is 0 Å². The van der Waals surface area contributed by atoms with Gasteiger partial charge in [0.1, 0.15) is 0 Å². The third-order valence-corrected chi connectivity index (χ3v) is 1.56. The molecular formula is C9H9NO. The molecule has 0 aliphatic carbocycles. The molecule has 1 rings (SSSR count). The van der Waals surface area contributed by atoms with Gasteiger partial charge in [-0.05, 0) is 18.1 Å². The molecule has 0 saturated carbocycles. The molecule has 2 heteroatoms. The first-order valence-electron chi connectivity index (χ1n) is 3.36. The van der Waals surface area contributed by atoms with Crippen LogP contribution in [0, 0.1) is 13.5 Å². The standard InChI is InChI=1S/C9H9NO/c1-7-5-8(6-11)3-4-9(7)10-2/h3-5,11H,6H2,1H3. The Labute approximate surface area is 65.9 Å². The summed E-state index contributed by atoms with van der Waals surface area (Å²) in [6.07, 6.45) is 0. The maximum absolute atomic E-state index is 8.75. The predicted molar refractivity (Wildman–Crippen MR) is 43.4 cm³/mol. The molecule has 0 fully saturated rings. The Morgan fingerprint density at radius 3 is 2.73 bits per heavy atom. The molecule has 0 spiro atoms. The number of aliphatic hydroxyl groups is 1. The van der Waals surface area contributed by atoms with E-state index in [1.807, 2.05) is 13.0 Å². The largest absolute Gasteiger partial charge is 0.392 e. The minimum atomic E-state index is 0.0408. The lowest BCUT2D eigenvalue weighted by molar-refractivity contribution is 0.282. The maximum atomic E-state index is 8.75. The van der Waals surface area contributed by atoms with Crippen LogP contribution in [0.3, 0.4) is 0 Å². The normalized spacial score (nSPS) is 9.18. The lowest BCUT2D eigenvalue weighted by Gasteiger charge is -1.99. The van der Waals surface area contributed by atoms with Crippen molar-refractivity contribution in [2.24, 2.45) is 0 Å². The van der Waals surface area contributed by atoms with Crippen molar-refractivity contribution in [2.45, 2.75) is 13.5 Å². The first kappa shape index (κ1) is 7.77. The molecule has 0 amide bonds. The molecule has 1 aromatic rings. The van der Waals surface area contributed by atoms with Crippen molar-refractivity contribution < 1.29 is 5.11 Å². The predicted octanol–water partition coefficient (Wildman–Crippen LogP) is 2.04. The Morgan fingerprint density at radius 2 is 2.27 bits per heavy atom. The molecule has 56 valence electrons. The van der Waals surface area contributed by atoms with Crippen molar-refractivity contribution >= 4 is 5.69 Å². The second-order valence-electron chi connectivity index (χ2n) is 2.39. The van der Waals surface area contributed by atoms with Crippen molar-refractivity contribution in [2.75, 3.05) is 0 Å². The second kappa shape index (κ2) is 3.18. The zero-order valence-electron chi connectivity index (χ0n) is 6.33. The third kappa shape index (κ3) is 1.57. The van der Waals surface area contributed by atoms with E-state index in [1.54, 1.807) is 12.1 Å². The molecule has 0 atom stereocenters. The Kier molecular flexibility index (Phi) is 2.25. The van der Waals surface area contributed by atoms with Crippen molar-refractivity contribution in [1.82, 2.24) is 0 Å². The third-order valence-electron chi connectivity index (χ3n) is 1.56. The van der Waals surface area contributed by atoms with Gasteiger partial charge in [-0.25, -0.2) is 4.85 Å². The smallest absolute Gasteiger partial charge is 0.190 e. The average Bonchev–Trinajstić information content (AvgIpc) is 2.04. The lowest BCUT2D eigenvalue weighted by atomic mass is 10.1. The zero-order valence-corrected chi connectivity index (χ0v) is 6.33. The molecule has 0 heterocycles. The summed E-state index contributed by atoms with van der Waals surface area (Å²) in [6.45, 7) is 8.68. The molecule has 2 nitrogen and oxygen atoms in total. The van der Waals surface area contributed by atoms with Gasteiger partial charge in [0.25, 0.3) is 0 Å². The summed E-state index contributed by atoms with van der Waals surface area (Å²) in [4.78, 5) is 3.31. The van der Waals surface area contributed by atoms with Gasteiger partial charge in [-0.1, -0.05) is 18.2 Å². The molecule has 1 N–H and O–H groups in total. The van der Waals surface area contributed by atoms with E-state index in [2.05, 4.69) is 4.85 Å². The van der Waals surface area contributed by atoms with E-state index in [0.29, 0.717) is 5.69 Å². The monoisotopic (exact) mass is 147 g/mol. The second-order valence-corrected chi connectivity index (χ2v) is 2.39. The zero-order chi connectivity index (χ0) is 8.27. The fraction of sp³-hybridized carbons (Fsp3) is 0.222. The fourth-order valence-electron chi connectivity index (χ4n) is 0.941. The van der Waals surface area contributed by atoms with Gasteiger partial charge in [0.2, 0.25) is 0 Å². The van der Waals surface area contributed by atoms with Gasteiger partial charge in [-0.3, -0.25) is 0 Å². The highest BCUT2D eigenvalue weighted by Gasteiger charge is 1.96. The van der Waals surface area contributed by atoms with E-state index in [9.17, 15) is 0 Å². The van der Waals surface area contributed by atoms with E-state index in [4.69, 9.17) is 11.7 Å². The number of benzene rings is 1. The molecule has 0 bridgehead atoms. The van der Waals surface area contributed by atoms with Crippen LogP contribution in [0.2, 0.25) is 0 Å². The summed E-state index contributed by atoms with van der Waals surface area (Å²) in [5.41, 5.74) is 2.43. The van der Waals surface area contributed by atoms with E-state index in [-0.39, 0.29) is 6.61 Å². The Morgan fingerprint density at radius 1 is 1.55 bits per heavy atom. The highest BCUT2D eigenvalue weighted by molar-refractivity contribution is 5.52. The average molecular weight is 147 g/mol. The van der Waals surface area contributed by atoms with Crippen LogP contribution in [0.4, 0.5) is 5.69 Å². The van der Waals surface area contributed by atoms with Gasteiger partial charge in [0.15, 0.2) is 5.69 Å². The van der Waals surface area contributed by atoms with Gasteiger partial charge in [-0.15, -0.1) is 0 Å². The number of hydrogen-bond acceptors (Lipinski definition) is 1. The summed E-state index contributed by atoms with van der Waals surface area (Å²) in [6, 6.07) is 5.32. The number of aliphatic hydroxyl groups excluding tert-OH is 1. The highest BCUT2D eigenvalue weighted by Crippen LogP contribution is 2.19. The molecule has 0 aliphatic rings. The molecule has 0 aromatic heterocycles. The summed E-state index contributed by atoms with van der Waals surface area (Å²) in [5.74, 6) is 0. The molecular weight excluding hydrogens is 138 g/mol. The molecule has 1 aromatic carbocycles. The van der Waals surface area contributed by atoms with Crippen LogP contribution >= 0.6 is 0 Å². The van der Waals surface area contributed by atoms with Crippen LogP contribution in [0.15, 0.2) is 18.2 Å². The Hall–Kier alpha value is -1.33. The number of nitrogens with zero attached hydrogens (tertiary/aromatic N) is 1. The SMILES string of the molecule is [C-]#[N+]c1ccc(CO)cc1C. The van der Waals surface area contributed by atoms with Crippen LogP contribution < -0.4 is 0 Å². The van der Waals surface area contributed by atoms with E-state index < -0.39 is 0 Å². The van der Waals surface area contributed by atoms with E-state index in [1.165, 1.54) is 0 Å². The van der Waals surface area contributed by atoms with Crippen molar-refractivity contribution in [3.05, 3.63) is 40.7 Å². The highest BCUT2D eigenvalue weighted by atomic mass is 16.3. The lowest BCUT2D eigenvalue weighted by Crippen LogP contribution is -1.82. The Bertz CT molecular complexity index is 299.